The number of aliphatic hydroxyl groups is 1. The molecule has 0 bridgehead atoms. The summed E-state index contributed by atoms with van der Waals surface area (Å²) in [6, 6.07) is 0. The molecule has 0 rings (SSSR count). The van der Waals surface area contributed by atoms with Gasteiger partial charge < -0.3 is 5.11 Å². The molecule has 0 radical (unpaired) electrons. The van der Waals surface area contributed by atoms with Crippen LogP contribution in [0.15, 0.2) is 0 Å². The molecule has 0 aromatic rings. The Balaban J connectivity index is 3.17. The zero-order valence-corrected chi connectivity index (χ0v) is 9.55. The van der Waals surface area contributed by atoms with E-state index in [0.717, 1.165) is 32.5 Å². The zero-order chi connectivity index (χ0) is 9.94. The highest BCUT2D eigenvalue weighted by atomic mass is 31.1. The van der Waals surface area contributed by atoms with E-state index in [1.165, 1.54) is 0 Å². The van der Waals surface area contributed by atoms with Gasteiger partial charge in [-0.15, -0.1) is 0 Å². The third kappa shape index (κ3) is 8.60. The van der Waals surface area contributed by atoms with Crippen molar-refractivity contribution in [3.05, 3.63) is 0 Å². The Hall–Kier alpha value is 0.270. The van der Waals surface area contributed by atoms with E-state index < -0.39 is 0 Å². The molecule has 13 heavy (non-hydrogen) atoms. The lowest BCUT2D eigenvalue weighted by Crippen LogP contribution is -2.22. The van der Waals surface area contributed by atoms with Gasteiger partial charge in [-0.3, -0.25) is 9.71 Å². The molecule has 1 unspecified atom stereocenters. The Morgan fingerprint density at radius 1 is 1.46 bits per heavy atom. The van der Waals surface area contributed by atoms with Gasteiger partial charge in [0.1, 0.15) is 8.96 Å². The van der Waals surface area contributed by atoms with Crippen LogP contribution in [-0.2, 0) is 4.62 Å². The van der Waals surface area contributed by atoms with Gasteiger partial charge in [-0.2, -0.15) is 5.06 Å². The number of nitrogens with one attached hydrogen (secondary N) is 1. The molecular formula is C8H21N2O2P. The summed E-state index contributed by atoms with van der Waals surface area (Å²) in [7, 11) is 0.304. The summed E-state index contributed by atoms with van der Waals surface area (Å²) in [6.45, 7) is 7.17. The molecule has 0 spiro atoms. The van der Waals surface area contributed by atoms with Gasteiger partial charge >= 0.3 is 0 Å². The molecule has 80 valence electrons. The maximum atomic E-state index is 8.52. The van der Waals surface area contributed by atoms with Crippen molar-refractivity contribution in [2.24, 2.45) is 0 Å². The summed E-state index contributed by atoms with van der Waals surface area (Å²) in [5.41, 5.74) is 0. The van der Waals surface area contributed by atoms with E-state index in [4.69, 9.17) is 9.73 Å². The molecule has 0 aliphatic rings. The van der Waals surface area contributed by atoms with Crippen LogP contribution in [0.1, 0.15) is 26.7 Å². The van der Waals surface area contributed by atoms with Gasteiger partial charge in [0.15, 0.2) is 0 Å². The van der Waals surface area contributed by atoms with E-state index in [1.54, 1.807) is 0 Å². The predicted octanol–water partition coefficient (Wildman–Crippen LogP) is 1.13. The van der Waals surface area contributed by atoms with Crippen molar-refractivity contribution in [3.8, 4) is 0 Å². The second kappa shape index (κ2) is 10.4. The minimum atomic E-state index is 0.240. The van der Waals surface area contributed by atoms with Gasteiger partial charge in [0, 0.05) is 26.2 Å². The molecule has 0 saturated carbocycles. The van der Waals surface area contributed by atoms with Crippen LogP contribution < -0.4 is 5.09 Å². The largest absolute Gasteiger partial charge is 0.396 e. The summed E-state index contributed by atoms with van der Waals surface area (Å²) in [5.74, 6) is 0. The van der Waals surface area contributed by atoms with Crippen molar-refractivity contribution >= 4 is 8.96 Å². The Bertz CT molecular complexity index is 106. The summed E-state index contributed by atoms with van der Waals surface area (Å²) in [4.78, 5) is 0. The quantitative estimate of drug-likeness (QED) is 0.339. The minimum Gasteiger partial charge on any atom is -0.396 e. The fourth-order valence-electron chi connectivity index (χ4n) is 0.833. The summed E-state index contributed by atoms with van der Waals surface area (Å²) < 4.78 is 5.45. The van der Waals surface area contributed by atoms with Crippen LogP contribution in [-0.4, -0.2) is 36.4 Å². The summed E-state index contributed by atoms with van der Waals surface area (Å²) >= 11 is 0. The fraction of sp³-hybridized carbons (Fsp3) is 1.00. The van der Waals surface area contributed by atoms with E-state index in [-0.39, 0.29) is 6.61 Å². The first kappa shape index (κ1) is 13.3. The molecule has 0 heterocycles. The third-order valence-electron chi connectivity index (χ3n) is 1.53. The molecule has 0 aromatic carbocycles. The van der Waals surface area contributed by atoms with Gasteiger partial charge in [0.05, 0.1) is 0 Å². The molecule has 0 aliphatic carbocycles. The number of hydrogen-bond donors (Lipinski definition) is 2. The second-order valence-corrected chi connectivity index (χ2v) is 3.46. The van der Waals surface area contributed by atoms with Crippen LogP contribution in [0.25, 0.3) is 0 Å². The van der Waals surface area contributed by atoms with Crippen molar-refractivity contribution in [1.82, 2.24) is 10.2 Å². The number of hydrogen-bond acceptors (Lipinski definition) is 4. The predicted molar refractivity (Wildman–Crippen MR) is 56.6 cm³/mol. The van der Waals surface area contributed by atoms with Gasteiger partial charge in [-0.1, -0.05) is 13.8 Å². The number of nitrogens with zero attached hydrogens (tertiary/aromatic N) is 1. The van der Waals surface area contributed by atoms with Crippen LogP contribution in [0.3, 0.4) is 0 Å². The molecule has 4 nitrogen and oxygen atoms in total. The average Bonchev–Trinajstić information content (AvgIpc) is 2.16. The molecule has 0 fully saturated rings. The highest BCUT2D eigenvalue weighted by Gasteiger charge is 1.99. The van der Waals surface area contributed by atoms with E-state index in [2.05, 4.69) is 18.9 Å². The molecule has 0 aliphatic heterocycles. The maximum Gasteiger partial charge on any atom is 0.112 e. The normalized spacial score (nSPS) is 12.0. The Morgan fingerprint density at radius 3 is 2.77 bits per heavy atom. The highest BCUT2D eigenvalue weighted by Crippen LogP contribution is 2.09. The lowest BCUT2D eigenvalue weighted by molar-refractivity contribution is -0.0390. The smallest absolute Gasteiger partial charge is 0.112 e. The molecule has 2 N–H and O–H groups in total. The van der Waals surface area contributed by atoms with Crippen molar-refractivity contribution in [1.29, 1.82) is 0 Å². The molecule has 0 amide bonds. The van der Waals surface area contributed by atoms with Gasteiger partial charge in [-0.25, -0.2) is 0 Å². The highest BCUT2D eigenvalue weighted by molar-refractivity contribution is 7.29. The van der Waals surface area contributed by atoms with Crippen LogP contribution in [0.4, 0.5) is 0 Å². The van der Waals surface area contributed by atoms with Gasteiger partial charge in [0.2, 0.25) is 0 Å². The molecular weight excluding hydrogens is 187 g/mol. The minimum absolute atomic E-state index is 0.240. The van der Waals surface area contributed by atoms with E-state index in [0.29, 0.717) is 8.96 Å². The van der Waals surface area contributed by atoms with E-state index in [1.807, 2.05) is 5.06 Å². The first-order valence-corrected chi connectivity index (χ1v) is 5.76. The topological polar surface area (TPSA) is 44.7 Å². The molecule has 5 heteroatoms. The Kier molecular flexibility index (Phi) is 10.6. The second-order valence-electron chi connectivity index (χ2n) is 2.72. The standard InChI is InChI=1S/C8H21N2O2P/c1-3-7-10(4-2)12-13-9-6-5-8-11/h9,11,13H,3-8H2,1-2H3. The average molecular weight is 208 g/mol. The molecule has 1 atom stereocenters. The lowest BCUT2D eigenvalue weighted by Gasteiger charge is -2.18. The lowest BCUT2D eigenvalue weighted by atomic mass is 10.5. The van der Waals surface area contributed by atoms with E-state index >= 15 is 0 Å². The van der Waals surface area contributed by atoms with E-state index in [9.17, 15) is 0 Å². The van der Waals surface area contributed by atoms with Crippen LogP contribution in [0.2, 0.25) is 0 Å². The fourth-order valence-corrected chi connectivity index (χ4v) is 1.53. The number of hydroxylamine groups is 2. The Morgan fingerprint density at radius 2 is 2.23 bits per heavy atom. The van der Waals surface area contributed by atoms with Crippen molar-refractivity contribution in [2.75, 3.05) is 26.2 Å². The first-order chi connectivity index (χ1) is 6.35. The molecule has 0 saturated heterocycles. The maximum absolute atomic E-state index is 8.52. The number of rotatable bonds is 9. The Labute approximate surface area is 82.5 Å². The first-order valence-electron chi connectivity index (χ1n) is 4.85. The van der Waals surface area contributed by atoms with Crippen LogP contribution >= 0.6 is 8.96 Å². The SMILES string of the molecule is CCCN(CC)OPNCCCO. The van der Waals surface area contributed by atoms with Crippen LogP contribution in [0.5, 0.6) is 0 Å². The monoisotopic (exact) mass is 208 g/mol. The van der Waals surface area contributed by atoms with Crippen molar-refractivity contribution in [2.45, 2.75) is 26.7 Å². The third-order valence-corrected chi connectivity index (χ3v) is 2.28. The van der Waals surface area contributed by atoms with Crippen LogP contribution in [0, 0.1) is 0 Å². The van der Waals surface area contributed by atoms with Crippen molar-refractivity contribution < 1.29 is 9.73 Å². The van der Waals surface area contributed by atoms with Gasteiger partial charge in [0.25, 0.3) is 0 Å². The summed E-state index contributed by atoms with van der Waals surface area (Å²) in [6.07, 6.45) is 1.89. The number of aliphatic hydroxyl groups excluding tert-OH is 1. The summed E-state index contributed by atoms with van der Waals surface area (Å²) in [5, 5.41) is 13.6. The van der Waals surface area contributed by atoms with Gasteiger partial charge in [-0.05, 0) is 12.8 Å². The molecule has 0 aromatic heterocycles. The van der Waals surface area contributed by atoms with Crippen molar-refractivity contribution in [3.63, 3.8) is 0 Å². The zero-order valence-electron chi connectivity index (χ0n) is 8.55.